The predicted octanol–water partition coefficient (Wildman–Crippen LogP) is 1.52. The Balaban J connectivity index is 2.24. The van der Waals surface area contributed by atoms with Crippen molar-refractivity contribution >= 4 is 11.9 Å². The van der Waals surface area contributed by atoms with Crippen molar-refractivity contribution in [2.45, 2.75) is 25.6 Å². The van der Waals surface area contributed by atoms with Crippen molar-refractivity contribution in [1.82, 2.24) is 5.32 Å². The molecule has 2 rings (SSSR count). The van der Waals surface area contributed by atoms with E-state index in [-0.39, 0.29) is 11.8 Å². The van der Waals surface area contributed by atoms with Crippen LogP contribution in [-0.4, -0.2) is 24.6 Å². The lowest BCUT2D eigenvalue weighted by Gasteiger charge is -2.20. The van der Waals surface area contributed by atoms with Crippen LogP contribution in [0, 0.1) is 0 Å². The molecular weight excluding hydrogens is 344 g/mol. The van der Waals surface area contributed by atoms with Crippen molar-refractivity contribution in [1.29, 1.82) is 0 Å². The van der Waals surface area contributed by atoms with Crippen LogP contribution < -0.4 is 21.1 Å². The fraction of sp³-hybridized carbons (Fsp3) is 0.222. The maximum atomic E-state index is 12.3. The fourth-order valence-electron chi connectivity index (χ4n) is 2.54. The van der Waals surface area contributed by atoms with Crippen molar-refractivity contribution < 1.29 is 28.4 Å². The van der Waals surface area contributed by atoms with Crippen LogP contribution in [0.25, 0.3) is 0 Å². The molecule has 0 fully saturated rings. The molecule has 6 nitrogen and oxygen atoms in total. The van der Waals surface area contributed by atoms with Gasteiger partial charge in [-0.3, -0.25) is 10.1 Å². The Hall–Kier alpha value is -3.00. The summed E-state index contributed by atoms with van der Waals surface area (Å²) in [4.78, 5) is 22.8. The summed E-state index contributed by atoms with van der Waals surface area (Å²) in [7, 11) is 0. The average Bonchev–Trinajstić information content (AvgIpc) is 2.60. The first-order valence-electron chi connectivity index (χ1n) is 7.92. The molecular formula is C18H20F2N3O3+. The van der Waals surface area contributed by atoms with Crippen LogP contribution in [-0.2, 0) is 4.79 Å². The van der Waals surface area contributed by atoms with Crippen molar-refractivity contribution in [2.75, 3.05) is 0 Å². The Morgan fingerprint density at radius 2 is 1.62 bits per heavy atom. The maximum absolute atomic E-state index is 12.3. The van der Waals surface area contributed by atoms with Gasteiger partial charge < -0.3 is 15.8 Å². The van der Waals surface area contributed by atoms with E-state index in [0.29, 0.717) is 0 Å². The number of halogens is 2. The zero-order valence-electron chi connectivity index (χ0n) is 14.1. The molecule has 0 aliphatic carbocycles. The topological polar surface area (TPSA) is 98.0 Å². The third-order valence-corrected chi connectivity index (χ3v) is 3.76. The SMILES string of the molecule is C[C@@H]([NH2+][C@@H](c1ccccc1)c1ccc(OC(F)F)cc1)C(=O)NC(N)=O. The standard InChI is InChI=1S/C18H19F2N3O3/c1-11(16(24)23-18(21)25)22-15(12-5-3-2-4-6-12)13-7-9-14(10-8-13)26-17(19)20/h2-11,15,17,22H,1H3,(H3,21,23,24,25)/p+1/t11-,15+/m1/s1. The second kappa shape index (κ2) is 8.91. The minimum atomic E-state index is -2.89. The monoisotopic (exact) mass is 364 g/mol. The number of alkyl halides is 2. The Kier molecular flexibility index (Phi) is 6.62. The summed E-state index contributed by atoms with van der Waals surface area (Å²) in [5, 5.41) is 3.81. The van der Waals surface area contributed by atoms with Crippen LogP contribution in [0.3, 0.4) is 0 Å². The lowest BCUT2D eigenvalue weighted by atomic mass is 9.97. The Labute approximate surface area is 149 Å². The van der Waals surface area contributed by atoms with Gasteiger partial charge in [-0.1, -0.05) is 30.3 Å². The predicted molar refractivity (Wildman–Crippen MR) is 90.5 cm³/mol. The molecule has 0 spiro atoms. The normalized spacial score (nSPS) is 13.1. The third kappa shape index (κ3) is 5.52. The molecule has 2 atom stereocenters. The minimum absolute atomic E-state index is 0.0510. The highest BCUT2D eigenvalue weighted by Gasteiger charge is 2.25. The highest BCUT2D eigenvalue weighted by atomic mass is 19.3. The van der Waals surface area contributed by atoms with Gasteiger partial charge in [-0.2, -0.15) is 8.78 Å². The number of quaternary nitrogens is 1. The van der Waals surface area contributed by atoms with Gasteiger partial charge in [0.25, 0.3) is 5.91 Å². The van der Waals surface area contributed by atoms with Gasteiger partial charge in [-0.25, -0.2) is 4.79 Å². The molecule has 0 unspecified atom stereocenters. The van der Waals surface area contributed by atoms with E-state index >= 15 is 0 Å². The molecule has 138 valence electrons. The molecule has 0 aliphatic heterocycles. The molecule has 5 N–H and O–H groups in total. The number of carbonyl (C=O) groups is 2. The lowest BCUT2D eigenvalue weighted by molar-refractivity contribution is -0.704. The van der Waals surface area contributed by atoms with Gasteiger partial charge in [0, 0.05) is 11.1 Å². The van der Waals surface area contributed by atoms with Crippen LogP contribution >= 0.6 is 0 Å². The number of imide groups is 1. The van der Waals surface area contributed by atoms with Gasteiger partial charge in [0.05, 0.1) is 0 Å². The van der Waals surface area contributed by atoms with Gasteiger partial charge in [0.2, 0.25) is 0 Å². The molecule has 26 heavy (non-hydrogen) atoms. The lowest BCUT2D eigenvalue weighted by Crippen LogP contribution is -2.93. The summed E-state index contributed by atoms with van der Waals surface area (Å²) in [6.07, 6.45) is 0. The van der Waals surface area contributed by atoms with Gasteiger partial charge in [-0.15, -0.1) is 0 Å². The van der Waals surface area contributed by atoms with E-state index in [9.17, 15) is 18.4 Å². The van der Waals surface area contributed by atoms with Crippen LogP contribution in [0.15, 0.2) is 54.6 Å². The van der Waals surface area contributed by atoms with Crippen molar-refractivity contribution in [2.24, 2.45) is 5.73 Å². The Morgan fingerprint density at radius 1 is 1.04 bits per heavy atom. The molecule has 0 bridgehead atoms. The summed E-state index contributed by atoms with van der Waals surface area (Å²) in [5.41, 5.74) is 6.68. The highest BCUT2D eigenvalue weighted by Crippen LogP contribution is 2.22. The number of benzene rings is 2. The Morgan fingerprint density at radius 3 is 2.15 bits per heavy atom. The van der Waals surface area contributed by atoms with E-state index < -0.39 is 24.6 Å². The number of ether oxygens (including phenoxy) is 1. The molecule has 2 aromatic carbocycles. The first kappa shape index (κ1) is 19.3. The highest BCUT2D eigenvalue weighted by molar-refractivity contribution is 5.95. The number of hydrogen-bond acceptors (Lipinski definition) is 3. The molecule has 0 aromatic heterocycles. The van der Waals surface area contributed by atoms with Gasteiger partial charge in [0.15, 0.2) is 6.04 Å². The van der Waals surface area contributed by atoms with E-state index in [4.69, 9.17) is 5.73 Å². The first-order chi connectivity index (χ1) is 12.4. The van der Waals surface area contributed by atoms with Crippen LogP contribution in [0.5, 0.6) is 5.75 Å². The van der Waals surface area contributed by atoms with Gasteiger partial charge in [0.1, 0.15) is 11.8 Å². The third-order valence-electron chi connectivity index (χ3n) is 3.76. The number of amides is 3. The number of primary amides is 1. The zero-order valence-corrected chi connectivity index (χ0v) is 14.1. The van der Waals surface area contributed by atoms with Crippen LogP contribution in [0.1, 0.15) is 24.1 Å². The fourth-order valence-corrected chi connectivity index (χ4v) is 2.54. The second-order valence-electron chi connectivity index (χ2n) is 5.67. The number of nitrogens with one attached hydrogen (secondary N) is 1. The molecule has 3 amide bonds. The van der Waals surface area contributed by atoms with Gasteiger partial charge >= 0.3 is 12.6 Å². The smallest absolute Gasteiger partial charge is 0.387 e. The molecule has 0 saturated heterocycles. The van der Waals surface area contributed by atoms with E-state index in [2.05, 4.69) is 4.74 Å². The average molecular weight is 364 g/mol. The second-order valence-corrected chi connectivity index (χ2v) is 5.67. The summed E-state index contributed by atoms with van der Waals surface area (Å²) in [6.45, 7) is -1.25. The van der Waals surface area contributed by atoms with Crippen molar-refractivity contribution in [3.05, 3.63) is 65.7 Å². The molecule has 0 heterocycles. The number of urea groups is 1. The largest absolute Gasteiger partial charge is 0.435 e. The molecule has 0 radical (unpaired) electrons. The van der Waals surface area contributed by atoms with Gasteiger partial charge in [-0.05, 0) is 31.2 Å². The van der Waals surface area contributed by atoms with E-state index in [1.165, 1.54) is 12.1 Å². The number of carbonyl (C=O) groups excluding carboxylic acids is 2. The number of rotatable bonds is 7. The Bertz CT molecular complexity index is 739. The number of nitrogens with two attached hydrogens (primary N) is 2. The summed E-state index contributed by atoms with van der Waals surface area (Å²) >= 11 is 0. The summed E-state index contributed by atoms with van der Waals surface area (Å²) in [5.74, 6) is -0.467. The van der Waals surface area contributed by atoms with Crippen LogP contribution in [0.2, 0.25) is 0 Å². The van der Waals surface area contributed by atoms with E-state index in [1.807, 2.05) is 35.6 Å². The maximum Gasteiger partial charge on any atom is 0.387 e. The minimum Gasteiger partial charge on any atom is -0.435 e. The molecule has 0 aliphatic rings. The van der Waals surface area contributed by atoms with Crippen LogP contribution in [0.4, 0.5) is 13.6 Å². The van der Waals surface area contributed by atoms with E-state index in [0.717, 1.165) is 11.1 Å². The van der Waals surface area contributed by atoms with Crippen molar-refractivity contribution in [3.8, 4) is 5.75 Å². The summed E-state index contributed by atoms with van der Waals surface area (Å²) in [6, 6.07) is 13.8. The van der Waals surface area contributed by atoms with Crippen molar-refractivity contribution in [3.63, 3.8) is 0 Å². The summed E-state index contributed by atoms with van der Waals surface area (Å²) < 4.78 is 29.0. The number of hydrogen-bond donors (Lipinski definition) is 3. The zero-order chi connectivity index (χ0) is 19.1. The quantitative estimate of drug-likeness (QED) is 0.695. The molecule has 2 aromatic rings. The molecule has 8 heteroatoms. The molecule has 0 saturated carbocycles. The van der Waals surface area contributed by atoms with E-state index in [1.54, 1.807) is 24.4 Å². The first-order valence-corrected chi connectivity index (χ1v) is 7.92.